The molecule has 0 aliphatic carbocycles. The third-order valence-corrected chi connectivity index (χ3v) is 3.51. The smallest absolute Gasteiger partial charge is 0.0875 e. The van der Waals surface area contributed by atoms with E-state index in [-0.39, 0.29) is 0 Å². The first-order chi connectivity index (χ1) is 8.27. The Labute approximate surface area is 102 Å². The summed E-state index contributed by atoms with van der Waals surface area (Å²) in [5, 5.41) is 8.60. The minimum absolute atomic E-state index is 0.393. The Balaban J connectivity index is 2.31. The Morgan fingerprint density at radius 3 is 3.00 bits per heavy atom. The summed E-state index contributed by atoms with van der Waals surface area (Å²) in [5.74, 6) is 0.445. The van der Waals surface area contributed by atoms with Crippen LogP contribution in [0, 0.1) is 0 Å². The third-order valence-electron chi connectivity index (χ3n) is 3.51. The van der Waals surface area contributed by atoms with E-state index in [0.717, 1.165) is 38.2 Å². The van der Waals surface area contributed by atoms with Crippen LogP contribution in [-0.4, -0.2) is 34.8 Å². The Kier molecular flexibility index (Phi) is 4.12. The SMILES string of the molecule is CCC(C)n1nnc(CCN)c1C1CCOC1. The highest BCUT2D eigenvalue weighted by Gasteiger charge is 2.27. The van der Waals surface area contributed by atoms with Crippen LogP contribution in [0.15, 0.2) is 0 Å². The van der Waals surface area contributed by atoms with Gasteiger partial charge in [0.15, 0.2) is 0 Å². The van der Waals surface area contributed by atoms with Crippen molar-refractivity contribution in [3.63, 3.8) is 0 Å². The van der Waals surface area contributed by atoms with E-state index in [1.165, 1.54) is 5.69 Å². The molecule has 1 fully saturated rings. The van der Waals surface area contributed by atoms with Crippen molar-refractivity contribution in [2.24, 2.45) is 5.73 Å². The standard InChI is InChI=1S/C12H22N4O/c1-3-9(2)16-12(10-5-7-17-8-10)11(4-6-13)14-15-16/h9-10H,3-8,13H2,1-2H3. The highest BCUT2D eigenvalue weighted by molar-refractivity contribution is 5.18. The molecule has 2 atom stereocenters. The molecule has 2 heterocycles. The zero-order chi connectivity index (χ0) is 12.3. The normalized spacial score (nSPS) is 21.9. The minimum Gasteiger partial charge on any atom is -0.381 e. The van der Waals surface area contributed by atoms with Crippen LogP contribution in [0.2, 0.25) is 0 Å². The molecule has 0 amide bonds. The predicted molar refractivity (Wildman–Crippen MR) is 66.0 cm³/mol. The highest BCUT2D eigenvalue weighted by Crippen LogP contribution is 2.29. The Hall–Kier alpha value is -0.940. The largest absolute Gasteiger partial charge is 0.381 e. The molecule has 1 aromatic rings. The summed E-state index contributed by atoms with van der Waals surface area (Å²) >= 11 is 0. The lowest BCUT2D eigenvalue weighted by Gasteiger charge is -2.16. The van der Waals surface area contributed by atoms with Crippen LogP contribution >= 0.6 is 0 Å². The second-order valence-corrected chi connectivity index (χ2v) is 4.72. The molecule has 17 heavy (non-hydrogen) atoms. The third kappa shape index (κ3) is 2.50. The van der Waals surface area contributed by atoms with Gasteiger partial charge >= 0.3 is 0 Å². The lowest BCUT2D eigenvalue weighted by molar-refractivity contribution is 0.192. The molecule has 0 bridgehead atoms. The molecule has 1 aliphatic rings. The quantitative estimate of drug-likeness (QED) is 0.838. The van der Waals surface area contributed by atoms with E-state index in [1.807, 2.05) is 0 Å². The first-order valence-electron chi connectivity index (χ1n) is 6.49. The average Bonchev–Trinajstić information content (AvgIpc) is 2.96. The van der Waals surface area contributed by atoms with Crippen molar-refractivity contribution in [1.29, 1.82) is 0 Å². The van der Waals surface area contributed by atoms with E-state index in [2.05, 4.69) is 28.8 Å². The number of hydrogen-bond donors (Lipinski definition) is 1. The zero-order valence-corrected chi connectivity index (χ0v) is 10.7. The number of rotatable bonds is 5. The van der Waals surface area contributed by atoms with Crippen molar-refractivity contribution in [1.82, 2.24) is 15.0 Å². The lowest BCUT2D eigenvalue weighted by Crippen LogP contribution is -2.15. The van der Waals surface area contributed by atoms with E-state index < -0.39 is 0 Å². The molecule has 2 rings (SSSR count). The van der Waals surface area contributed by atoms with E-state index in [9.17, 15) is 0 Å². The Morgan fingerprint density at radius 1 is 1.59 bits per heavy atom. The van der Waals surface area contributed by atoms with Gasteiger partial charge in [0, 0.05) is 18.9 Å². The van der Waals surface area contributed by atoms with Gasteiger partial charge in [-0.25, -0.2) is 4.68 Å². The van der Waals surface area contributed by atoms with Crippen molar-refractivity contribution in [2.75, 3.05) is 19.8 Å². The molecule has 1 aromatic heterocycles. The number of nitrogens with two attached hydrogens (primary N) is 1. The molecule has 2 N–H and O–H groups in total. The summed E-state index contributed by atoms with van der Waals surface area (Å²) in [6, 6.07) is 0.393. The van der Waals surface area contributed by atoms with Gasteiger partial charge in [0.05, 0.1) is 24.0 Å². The monoisotopic (exact) mass is 238 g/mol. The molecule has 96 valence electrons. The number of hydrogen-bond acceptors (Lipinski definition) is 4. The fourth-order valence-electron chi connectivity index (χ4n) is 2.32. The second-order valence-electron chi connectivity index (χ2n) is 4.72. The molecule has 5 heteroatoms. The maximum absolute atomic E-state index is 5.64. The van der Waals surface area contributed by atoms with Crippen molar-refractivity contribution in [3.05, 3.63) is 11.4 Å². The Morgan fingerprint density at radius 2 is 2.41 bits per heavy atom. The Bertz CT molecular complexity index is 357. The molecule has 0 saturated carbocycles. The van der Waals surface area contributed by atoms with E-state index in [4.69, 9.17) is 10.5 Å². The van der Waals surface area contributed by atoms with Gasteiger partial charge in [0.2, 0.25) is 0 Å². The van der Waals surface area contributed by atoms with Crippen LogP contribution in [0.5, 0.6) is 0 Å². The summed E-state index contributed by atoms with van der Waals surface area (Å²) < 4.78 is 7.56. The highest BCUT2D eigenvalue weighted by atomic mass is 16.5. The van der Waals surface area contributed by atoms with Crippen LogP contribution in [0.4, 0.5) is 0 Å². The fourth-order valence-corrected chi connectivity index (χ4v) is 2.32. The van der Waals surface area contributed by atoms with Crippen LogP contribution < -0.4 is 5.73 Å². The summed E-state index contributed by atoms with van der Waals surface area (Å²) in [7, 11) is 0. The molecular formula is C12H22N4O. The van der Waals surface area contributed by atoms with E-state index >= 15 is 0 Å². The maximum Gasteiger partial charge on any atom is 0.0875 e. The molecule has 1 aliphatic heterocycles. The molecular weight excluding hydrogens is 216 g/mol. The van der Waals surface area contributed by atoms with Gasteiger partial charge in [0.25, 0.3) is 0 Å². The van der Waals surface area contributed by atoms with Gasteiger partial charge in [-0.15, -0.1) is 5.10 Å². The molecule has 0 aromatic carbocycles. The van der Waals surface area contributed by atoms with Crippen LogP contribution in [0.3, 0.4) is 0 Å². The van der Waals surface area contributed by atoms with Crippen molar-refractivity contribution >= 4 is 0 Å². The summed E-state index contributed by atoms with van der Waals surface area (Å²) in [4.78, 5) is 0. The molecule has 2 unspecified atom stereocenters. The van der Waals surface area contributed by atoms with Gasteiger partial charge in [-0.3, -0.25) is 0 Å². The van der Waals surface area contributed by atoms with Crippen LogP contribution in [0.25, 0.3) is 0 Å². The van der Waals surface area contributed by atoms with Crippen molar-refractivity contribution in [2.45, 2.75) is 45.1 Å². The van der Waals surface area contributed by atoms with Crippen LogP contribution in [-0.2, 0) is 11.2 Å². The first kappa shape index (κ1) is 12.5. The minimum atomic E-state index is 0.393. The van der Waals surface area contributed by atoms with Gasteiger partial charge in [-0.2, -0.15) is 0 Å². The van der Waals surface area contributed by atoms with Gasteiger partial charge in [-0.05, 0) is 26.3 Å². The lowest BCUT2D eigenvalue weighted by atomic mass is 10.0. The molecule has 0 radical (unpaired) electrons. The zero-order valence-electron chi connectivity index (χ0n) is 10.7. The maximum atomic E-state index is 5.64. The van der Waals surface area contributed by atoms with Crippen LogP contribution in [0.1, 0.15) is 50.0 Å². The molecule has 1 saturated heterocycles. The fraction of sp³-hybridized carbons (Fsp3) is 0.833. The topological polar surface area (TPSA) is 66.0 Å². The number of nitrogens with zero attached hydrogens (tertiary/aromatic N) is 3. The second kappa shape index (κ2) is 5.60. The first-order valence-corrected chi connectivity index (χ1v) is 6.49. The van der Waals surface area contributed by atoms with Gasteiger partial charge < -0.3 is 10.5 Å². The predicted octanol–water partition coefficient (Wildman–Crippen LogP) is 1.25. The van der Waals surface area contributed by atoms with Gasteiger partial charge in [0.1, 0.15) is 0 Å². The van der Waals surface area contributed by atoms with E-state index in [1.54, 1.807) is 0 Å². The van der Waals surface area contributed by atoms with E-state index in [0.29, 0.717) is 18.5 Å². The van der Waals surface area contributed by atoms with Crippen molar-refractivity contribution < 1.29 is 4.74 Å². The molecule has 5 nitrogen and oxygen atoms in total. The molecule has 0 spiro atoms. The number of aromatic nitrogens is 3. The number of ether oxygens (including phenoxy) is 1. The van der Waals surface area contributed by atoms with Crippen molar-refractivity contribution in [3.8, 4) is 0 Å². The average molecular weight is 238 g/mol. The summed E-state index contributed by atoms with van der Waals surface area (Å²) in [5.41, 5.74) is 7.95. The van der Waals surface area contributed by atoms with Gasteiger partial charge in [-0.1, -0.05) is 12.1 Å². The summed E-state index contributed by atoms with van der Waals surface area (Å²) in [6.07, 6.45) is 2.94. The summed E-state index contributed by atoms with van der Waals surface area (Å²) in [6.45, 7) is 6.61.